The summed E-state index contributed by atoms with van der Waals surface area (Å²) in [6, 6.07) is 11.1. The largest absolute Gasteiger partial charge is 0.361 e. The predicted molar refractivity (Wildman–Crippen MR) is 126 cm³/mol. The average molecular weight is 447 g/mol. The highest BCUT2D eigenvalue weighted by Gasteiger charge is 2.27. The van der Waals surface area contributed by atoms with Gasteiger partial charge >= 0.3 is 6.03 Å². The van der Waals surface area contributed by atoms with E-state index in [2.05, 4.69) is 21.4 Å². The van der Waals surface area contributed by atoms with Gasteiger partial charge in [-0.25, -0.2) is 4.79 Å². The molecule has 3 heterocycles. The van der Waals surface area contributed by atoms with Crippen LogP contribution in [0.15, 0.2) is 65.4 Å². The van der Waals surface area contributed by atoms with Crippen molar-refractivity contribution in [2.24, 2.45) is 0 Å². The number of hydrogen-bond donors (Lipinski definition) is 2. The molecule has 2 aliphatic rings. The minimum Gasteiger partial charge on any atom is -0.361 e. The van der Waals surface area contributed by atoms with Crippen LogP contribution in [0.3, 0.4) is 0 Å². The Balaban J connectivity index is 1.48. The molecule has 6 nitrogen and oxygen atoms in total. The first-order chi connectivity index (χ1) is 15.6. The van der Waals surface area contributed by atoms with Gasteiger partial charge in [0.2, 0.25) is 0 Å². The van der Waals surface area contributed by atoms with Gasteiger partial charge in [-0.15, -0.1) is 0 Å². The lowest BCUT2D eigenvalue weighted by Crippen LogP contribution is -2.39. The zero-order chi connectivity index (χ0) is 22.1. The van der Waals surface area contributed by atoms with Crippen molar-refractivity contribution >= 4 is 28.9 Å². The van der Waals surface area contributed by atoms with Crippen molar-refractivity contribution in [3.8, 4) is 0 Å². The van der Waals surface area contributed by atoms with Crippen molar-refractivity contribution in [1.29, 1.82) is 0 Å². The Morgan fingerprint density at radius 3 is 2.72 bits per heavy atom. The Hall–Kier alpha value is -3.38. The molecule has 0 radical (unpaired) electrons. The zero-order valence-electron chi connectivity index (χ0n) is 17.5. The molecule has 2 amide bonds. The third kappa shape index (κ3) is 3.94. The Bertz CT molecular complexity index is 1260. The van der Waals surface area contributed by atoms with Gasteiger partial charge in [-0.05, 0) is 61.1 Å². The molecular formula is C25H23ClN4O2. The summed E-state index contributed by atoms with van der Waals surface area (Å²) in [5.41, 5.74) is 7.09. The van der Waals surface area contributed by atoms with Crippen LogP contribution in [0.1, 0.15) is 35.2 Å². The number of nitrogens with one attached hydrogen (secondary N) is 2. The van der Waals surface area contributed by atoms with Gasteiger partial charge in [0.25, 0.3) is 0 Å². The monoisotopic (exact) mass is 446 g/mol. The fourth-order valence-corrected chi connectivity index (χ4v) is 4.82. The number of fused-ring (bicyclic) bond motifs is 2. The van der Waals surface area contributed by atoms with Crippen LogP contribution in [0.2, 0.25) is 5.02 Å². The van der Waals surface area contributed by atoms with Gasteiger partial charge in [-0.1, -0.05) is 23.2 Å². The third-order valence-corrected chi connectivity index (χ3v) is 6.45. The van der Waals surface area contributed by atoms with E-state index in [1.807, 2.05) is 23.1 Å². The van der Waals surface area contributed by atoms with Crippen LogP contribution in [-0.4, -0.2) is 34.0 Å². The van der Waals surface area contributed by atoms with Crippen molar-refractivity contribution in [3.63, 3.8) is 0 Å². The summed E-state index contributed by atoms with van der Waals surface area (Å²) in [7, 11) is 0. The van der Waals surface area contributed by atoms with E-state index in [1.165, 1.54) is 5.57 Å². The quantitative estimate of drug-likeness (QED) is 0.571. The van der Waals surface area contributed by atoms with E-state index in [0.29, 0.717) is 30.2 Å². The van der Waals surface area contributed by atoms with Crippen LogP contribution < -0.4 is 10.7 Å². The predicted octanol–water partition coefficient (Wildman–Crippen LogP) is 4.65. The van der Waals surface area contributed by atoms with Crippen LogP contribution >= 0.6 is 11.6 Å². The standard InChI is InChI=1S/C25H23ClN4O2/c26-18-4-6-20-17(14-18)3-5-21-22(31)7-11-28-24(21)23(20)16-8-12-30(13-9-16)25(32)29-19-2-1-10-27-15-19/h1-2,4,6-7,10-11,14-15H,3,5,8-9,12-13H2,(H,28,31)(H,29,32). The number of likely N-dealkylation sites (tertiary alicyclic amines) is 1. The van der Waals surface area contributed by atoms with Crippen molar-refractivity contribution in [2.75, 3.05) is 18.4 Å². The van der Waals surface area contributed by atoms with Gasteiger partial charge in [-0.3, -0.25) is 9.78 Å². The smallest absolute Gasteiger partial charge is 0.321 e. The lowest BCUT2D eigenvalue weighted by Gasteiger charge is -2.30. The fourth-order valence-electron chi connectivity index (χ4n) is 4.63. The number of benzene rings is 1. The number of urea groups is 1. The number of piperidine rings is 1. The summed E-state index contributed by atoms with van der Waals surface area (Å²) in [4.78, 5) is 34.6. The Labute approximate surface area is 191 Å². The van der Waals surface area contributed by atoms with Gasteiger partial charge in [0.15, 0.2) is 5.43 Å². The van der Waals surface area contributed by atoms with E-state index < -0.39 is 0 Å². The molecule has 0 spiro atoms. The summed E-state index contributed by atoms with van der Waals surface area (Å²) in [5.74, 6) is 0. The molecule has 2 aromatic heterocycles. The Morgan fingerprint density at radius 1 is 1.09 bits per heavy atom. The number of hydrogen-bond acceptors (Lipinski definition) is 3. The molecular weight excluding hydrogens is 424 g/mol. The number of pyridine rings is 2. The number of carbonyl (C=O) groups is 1. The van der Waals surface area contributed by atoms with Gasteiger partial charge in [0.05, 0.1) is 17.6 Å². The number of anilines is 1. The molecule has 1 fully saturated rings. The maximum absolute atomic E-state index is 12.7. The minimum absolute atomic E-state index is 0.0593. The molecule has 7 heteroatoms. The molecule has 5 rings (SSSR count). The zero-order valence-corrected chi connectivity index (χ0v) is 18.3. The normalized spacial score (nSPS) is 15.6. The van der Waals surface area contributed by atoms with Gasteiger partial charge in [0, 0.05) is 47.7 Å². The van der Waals surface area contributed by atoms with E-state index in [-0.39, 0.29) is 11.5 Å². The van der Waals surface area contributed by atoms with E-state index in [1.54, 1.807) is 30.7 Å². The maximum atomic E-state index is 12.7. The number of H-pyrrole nitrogens is 1. The van der Waals surface area contributed by atoms with Crippen LogP contribution in [0.5, 0.6) is 0 Å². The van der Waals surface area contributed by atoms with E-state index in [9.17, 15) is 9.59 Å². The van der Waals surface area contributed by atoms with Crippen molar-refractivity contribution < 1.29 is 4.79 Å². The molecule has 1 aliphatic carbocycles. The first kappa shape index (κ1) is 20.5. The van der Waals surface area contributed by atoms with E-state index >= 15 is 0 Å². The van der Waals surface area contributed by atoms with Crippen molar-refractivity contribution in [1.82, 2.24) is 14.9 Å². The van der Waals surface area contributed by atoms with Crippen molar-refractivity contribution in [3.05, 3.63) is 98.2 Å². The molecule has 1 saturated heterocycles. The SMILES string of the molecule is O=C(Nc1cccnc1)N1CCC(=C2c3ccc(Cl)cc3CCc3c2[nH]ccc3=O)CC1. The first-order valence-electron chi connectivity index (χ1n) is 10.8. The average Bonchev–Trinajstić information content (AvgIpc) is 2.97. The lowest BCUT2D eigenvalue weighted by molar-refractivity contribution is 0.207. The summed E-state index contributed by atoms with van der Waals surface area (Å²) in [5, 5.41) is 3.61. The summed E-state index contributed by atoms with van der Waals surface area (Å²) < 4.78 is 0. The number of amides is 2. The molecule has 0 atom stereocenters. The van der Waals surface area contributed by atoms with Gasteiger partial charge in [0.1, 0.15) is 0 Å². The fraction of sp³-hybridized carbons (Fsp3) is 0.240. The van der Waals surface area contributed by atoms with Gasteiger partial charge in [-0.2, -0.15) is 0 Å². The Kier molecular flexibility index (Phi) is 5.53. The number of halogens is 1. The number of carbonyl (C=O) groups excluding carboxylic acids is 1. The van der Waals surface area contributed by atoms with Crippen LogP contribution in [-0.2, 0) is 12.8 Å². The first-order valence-corrected chi connectivity index (χ1v) is 11.2. The number of aryl methyl sites for hydroxylation is 1. The second-order valence-corrected chi connectivity index (χ2v) is 8.57. The summed E-state index contributed by atoms with van der Waals surface area (Å²) in [6.45, 7) is 1.22. The molecule has 162 valence electrons. The molecule has 0 saturated carbocycles. The van der Waals surface area contributed by atoms with Gasteiger partial charge < -0.3 is 15.2 Å². The minimum atomic E-state index is -0.121. The lowest BCUT2D eigenvalue weighted by atomic mass is 9.88. The molecule has 1 aromatic carbocycles. The topological polar surface area (TPSA) is 78.1 Å². The second kappa shape index (κ2) is 8.63. The van der Waals surface area contributed by atoms with Crippen molar-refractivity contribution in [2.45, 2.75) is 25.7 Å². The van der Waals surface area contributed by atoms with Crippen LogP contribution in [0.25, 0.3) is 5.57 Å². The highest BCUT2D eigenvalue weighted by molar-refractivity contribution is 6.30. The Morgan fingerprint density at radius 2 is 1.94 bits per heavy atom. The maximum Gasteiger partial charge on any atom is 0.321 e. The third-order valence-electron chi connectivity index (χ3n) is 6.21. The van der Waals surface area contributed by atoms with Crippen LogP contribution in [0.4, 0.5) is 10.5 Å². The molecule has 0 unspecified atom stereocenters. The molecule has 32 heavy (non-hydrogen) atoms. The second-order valence-electron chi connectivity index (χ2n) is 8.13. The highest BCUT2D eigenvalue weighted by Crippen LogP contribution is 2.37. The molecule has 2 N–H and O–H groups in total. The molecule has 3 aromatic rings. The number of aromatic amines is 1. The molecule has 1 aliphatic heterocycles. The summed E-state index contributed by atoms with van der Waals surface area (Å²) >= 11 is 6.29. The number of rotatable bonds is 1. The van der Waals surface area contributed by atoms with Crippen LogP contribution in [0, 0.1) is 0 Å². The van der Waals surface area contributed by atoms with E-state index in [4.69, 9.17) is 11.6 Å². The number of nitrogens with zero attached hydrogens (tertiary/aromatic N) is 2. The molecule has 0 bridgehead atoms. The highest BCUT2D eigenvalue weighted by atomic mass is 35.5. The summed E-state index contributed by atoms with van der Waals surface area (Å²) in [6.07, 6.45) is 7.97. The number of aromatic nitrogens is 2. The van der Waals surface area contributed by atoms with E-state index in [0.717, 1.165) is 47.2 Å².